The third kappa shape index (κ3) is 7.16. The monoisotopic (exact) mass is 496 g/mol. The Morgan fingerprint density at radius 3 is 2.06 bits per heavy atom. The van der Waals surface area contributed by atoms with E-state index in [2.05, 4.69) is 61.7 Å². The zero-order chi connectivity index (χ0) is 21.7. The quantitative estimate of drug-likeness (QED) is 0.171. The summed E-state index contributed by atoms with van der Waals surface area (Å²) in [4.78, 5) is 14.5. The smallest absolute Gasteiger partial charge is 0.514 e. The molecule has 156 valence electrons. The second-order valence-corrected chi connectivity index (χ2v) is 7.89. The number of H-pyrrole nitrogens is 2. The molecule has 0 radical (unpaired) electrons. The molecule has 0 saturated heterocycles. The summed E-state index contributed by atoms with van der Waals surface area (Å²) in [6, 6.07) is 7.93. The van der Waals surface area contributed by atoms with E-state index in [4.69, 9.17) is 23.7 Å². The van der Waals surface area contributed by atoms with Gasteiger partial charge in [-0.15, -0.1) is 0 Å². The van der Waals surface area contributed by atoms with Gasteiger partial charge in [-0.25, -0.2) is 0 Å². The van der Waals surface area contributed by atoms with Crippen LogP contribution in [0.1, 0.15) is 29.2 Å². The predicted octanol–water partition coefficient (Wildman–Crippen LogP) is 0.800. The van der Waals surface area contributed by atoms with E-state index in [0.29, 0.717) is 22.8 Å². The van der Waals surface area contributed by atoms with Crippen LogP contribution in [0.5, 0.6) is 0 Å². The zero-order valence-corrected chi connectivity index (χ0v) is 22.8. The summed E-state index contributed by atoms with van der Waals surface area (Å²) in [6.07, 6.45) is 3.73. The molecule has 2 aliphatic rings. The van der Waals surface area contributed by atoms with Crippen LogP contribution in [-0.2, 0) is 30.5 Å². The second-order valence-electron chi connectivity index (χ2n) is 6.48. The van der Waals surface area contributed by atoms with Gasteiger partial charge in [-0.1, -0.05) is 0 Å². The molecule has 0 bridgehead atoms. The van der Waals surface area contributed by atoms with Crippen LogP contribution in [0.2, 0.25) is 0 Å². The first-order valence-electron chi connectivity index (χ1n) is 9.13. The van der Waals surface area contributed by atoms with Crippen LogP contribution in [-0.4, -0.2) is 33.4 Å². The summed E-state index contributed by atoms with van der Waals surface area (Å²) in [6.45, 7) is 3.96. The van der Waals surface area contributed by atoms with E-state index in [1.54, 1.807) is 0 Å². The van der Waals surface area contributed by atoms with Gasteiger partial charge in [-0.3, -0.25) is 9.98 Å². The fraction of sp³-hybridized carbons (Fsp3) is 0.200. The van der Waals surface area contributed by atoms with Crippen LogP contribution in [0.4, 0.5) is 11.4 Å². The van der Waals surface area contributed by atoms with Crippen molar-refractivity contribution in [2.75, 3.05) is 18.1 Å². The first kappa shape index (κ1) is 26.1. The van der Waals surface area contributed by atoms with E-state index in [1.165, 1.54) is 11.1 Å². The van der Waals surface area contributed by atoms with Gasteiger partial charge in [0.25, 0.3) is 0 Å². The number of nitrogens with one attached hydrogen (secondary N) is 2. The number of aromatic amines is 2. The van der Waals surface area contributed by atoms with Crippen molar-refractivity contribution >= 4 is 76.3 Å². The van der Waals surface area contributed by atoms with Crippen molar-refractivity contribution in [1.29, 1.82) is 0 Å². The van der Waals surface area contributed by atoms with Gasteiger partial charge < -0.3 is 51.0 Å². The topological polar surface area (TPSA) is 118 Å². The molecule has 0 unspecified atom stereocenters. The molecule has 2 aliphatic heterocycles. The minimum Gasteiger partial charge on any atom is -0.514 e. The molecule has 2 aromatic carbocycles. The largest absolute Gasteiger partial charge is 1.00 e. The molecule has 0 atom stereocenters. The fourth-order valence-electron chi connectivity index (χ4n) is 2.96. The number of benzene rings is 2. The van der Waals surface area contributed by atoms with Crippen molar-refractivity contribution in [2.24, 2.45) is 9.98 Å². The van der Waals surface area contributed by atoms with Gasteiger partial charge in [0, 0.05) is 16.8 Å². The SMILES string of the molecule is CCOC(=S)[S-].Nc1cc2c(cc1N)CN=C2.S=c1[nH]c2cc3c(cc2[nH]1)CN=C3.[K+]. The number of rotatable bonds is 1. The second kappa shape index (κ2) is 12.2. The molecular weight excluding hydrogens is 476 g/mol. The van der Waals surface area contributed by atoms with Crippen LogP contribution in [0, 0.1) is 4.77 Å². The van der Waals surface area contributed by atoms with Crippen molar-refractivity contribution < 1.29 is 56.1 Å². The molecule has 3 heterocycles. The van der Waals surface area contributed by atoms with E-state index in [-0.39, 0.29) is 55.8 Å². The molecule has 11 heteroatoms. The molecule has 31 heavy (non-hydrogen) atoms. The number of ether oxygens (including phenoxy) is 1. The number of imidazole rings is 1. The molecule has 3 aromatic rings. The van der Waals surface area contributed by atoms with E-state index >= 15 is 0 Å². The molecule has 5 rings (SSSR count). The minimum atomic E-state index is 0. The van der Waals surface area contributed by atoms with Crippen LogP contribution in [0.3, 0.4) is 0 Å². The maximum absolute atomic E-state index is 5.61. The van der Waals surface area contributed by atoms with Gasteiger partial charge >= 0.3 is 51.4 Å². The normalized spacial score (nSPS) is 12.0. The summed E-state index contributed by atoms with van der Waals surface area (Å²) in [5.74, 6) is 0. The van der Waals surface area contributed by atoms with Gasteiger partial charge in [0.15, 0.2) is 4.77 Å². The van der Waals surface area contributed by atoms with E-state index in [0.717, 1.165) is 35.2 Å². The molecule has 1 aromatic heterocycles. The first-order chi connectivity index (χ1) is 14.4. The molecule has 7 nitrogen and oxygen atoms in total. The summed E-state index contributed by atoms with van der Waals surface area (Å²) in [7, 11) is 0. The molecule has 0 spiro atoms. The van der Waals surface area contributed by atoms with E-state index < -0.39 is 0 Å². The van der Waals surface area contributed by atoms with Crippen molar-refractivity contribution in [3.05, 3.63) is 51.3 Å². The van der Waals surface area contributed by atoms with Gasteiger partial charge in [-0.05, 0) is 65.7 Å². The van der Waals surface area contributed by atoms with Gasteiger partial charge in [0.05, 0.1) is 42.1 Å². The number of aromatic nitrogens is 2. The predicted molar refractivity (Wildman–Crippen MR) is 133 cm³/mol. The number of thiocarbonyl (C=S) groups is 1. The Morgan fingerprint density at radius 2 is 1.52 bits per heavy atom. The van der Waals surface area contributed by atoms with Crippen LogP contribution < -0.4 is 62.9 Å². The molecule has 0 amide bonds. The Hall–Kier alpha value is -1.18. The maximum atomic E-state index is 5.61. The number of fused-ring (bicyclic) bond motifs is 3. The Kier molecular flexibility index (Phi) is 10.2. The molecular formula is C20H21KN6OS3. The third-order valence-electron chi connectivity index (χ3n) is 4.37. The van der Waals surface area contributed by atoms with E-state index in [9.17, 15) is 0 Å². The fourth-order valence-corrected chi connectivity index (χ4v) is 3.41. The van der Waals surface area contributed by atoms with Crippen molar-refractivity contribution in [3.8, 4) is 0 Å². The zero-order valence-electron chi connectivity index (χ0n) is 17.3. The summed E-state index contributed by atoms with van der Waals surface area (Å²) >= 11 is 13.8. The van der Waals surface area contributed by atoms with Crippen molar-refractivity contribution in [2.45, 2.75) is 20.0 Å². The Morgan fingerprint density at radius 1 is 1.00 bits per heavy atom. The van der Waals surface area contributed by atoms with Gasteiger partial charge in [-0.2, -0.15) is 0 Å². The molecule has 0 saturated carbocycles. The van der Waals surface area contributed by atoms with Crippen LogP contribution in [0.25, 0.3) is 11.0 Å². The molecule has 6 N–H and O–H groups in total. The molecule has 0 aliphatic carbocycles. The maximum Gasteiger partial charge on any atom is 1.00 e. The van der Waals surface area contributed by atoms with Gasteiger partial charge in [0.2, 0.25) is 0 Å². The summed E-state index contributed by atoms with van der Waals surface area (Å²) < 4.78 is 5.47. The van der Waals surface area contributed by atoms with Crippen LogP contribution in [0.15, 0.2) is 34.3 Å². The number of hydrogen-bond acceptors (Lipinski definition) is 8. The number of nitrogen functional groups attached to an aromatic ring is 2. The number of nitrogens with two attached hydrogens (primary N) is 2. The van der Waals surface area contributed by atoms with Crippen LogP contribution >= 0.6 is 24.4 Å². The number of anilines is 2. The van der Waals surface area contributed by atoms with Crippen molar-refractivity contribution in [3.63, 3.8) is 0 Å². The Labute approximate surface area is 239 Å². The first-order valence-corrected chi connectivity index (χ1v) is 10.4. The standard InChI is InChI=1S/C9H7N3S.C8H9N3.C3H6OS2.K/c13-9-11-7-1-5-3-10-4-6(5)2-8(7)12-9;9-7-1-5-3-11-4-6(5)2-8(7)10;1-2-4-3(5)6;/h1-3H,4H2,(H2,11,12,13);1-3H,4,9-10H2;2H2,1H3,(H,5,6);/q;;;+1/p-1. The number of nitrogens with zero attached hydrogens (tertiary/aromatic N) is 2. The Balaban J connectivity index is 0.000000174. The van der Waals surface area contributed by atoms with Crippen molar-refractivity contribution in [1.82, 2.24) is 9.97 Å². The van der Waals surface area contributed by atoms with E-state index in [1.807, 2.05) is 31.5 Å². The average molecular weight is 497 g/mol. The number of hydrogen-bond donors (Lipinski definition) is 4. The minimum absolute atomic E-state index is 0. The summed E-state index contributed by atoms with van der Waals surface area (Å²) in [5.41, 5.74) is 19.3. The Bertz CT molecular complexity index is 1200. The third-order valence-corrected chi connectivity index (χ3v) is 4.81. The number of aliphatic imine (C=N–C) groups is 2. The average Bonchev–Trinajstić information content (AvgIpc) is 3.39. The van der Waals surface area contributed by atoms with Gasteiger partial charge in [0.1, 0.15) is 0 Å². The summed E-state index contributed by atoms with van der Waals surface area (Å²) in [5, 5.41) is 0. The molecule has 0 fully saturated rings.